The van der Waals surface area contributed by atoms with Crippen molar-refractivity contribution in [3.8, 4) is 0 Å². The first-order valence-corrected chi connectivity index (χ1v) is 8.27. The van der Waals surface area contributed by atoms with Crippen LogP contribution in [0.2, 0.25) is 0 Å². The Hall–Kier alpha value is -0.0800. The number of hydrogen-bond donors (Lipinski definition) is 2. The Labute approximate surface area is 119 Å². The third-order valence-corrected chi connectivity index (χ3v) is 6.21. The molecule has 0 aromatic carbocycles. The van der Waals surface area contributed by atoms with E-state index in [1.807, 2.05) is 0 Å². The summed E-state index contributed by atoms with van der Waals surface area (Å²) in [5, 5.41) is 11.7. The molecule has 2 aliphatic rings. The zero-order valence-corrected chi connectivity index (χ0v) is 13.3. The van der Waals surface area contributed by atoms with Gasteiger partial charge in [-0.15, -0.1) is 0 Å². The first kappa shape index (κ1) is 15.3. The van der Waals surface area contributed by atoms with Gasteiger partial charge in [-0.3, -0.25) is 0 Å². The Morgan fingerprint density at radius 3 is 2.21 bits per heavy atom. The standard InChI is InChI=1S/C17H33NO/c1-12(2)15-6-5-13(3)10-17(15,19)16(11-18)8-7-14(4)9-16/h12-15,19H,5-11,18H2,1-4H3. The van der Waals surface area contributed by atoms with Crippen LogP contribution in [0.1, 0.15) is 66.2 Å². The molecule has 2 aliphatic carbocycles. The molecule has 2 saturated carbocycles. The predicted molar refractivity (Wildman–Crippen MR) is 80.8 cm³/mol. The minimum atomic E-state index is -0.529. The second kappa shape index (κ2) is 5.37. The number of hydrogen-bond acceptors (Lipinski definition) is 2. The van der Waals surface area contributed by atoms with E-state index in [9.17, 15) is 5.11 Å². The number of aliphatic hydroxyl groups is 1. The van der Waals surface area contributed by atoms with Gasteiger partial charge in [0.15, 0.2) is 0 Å². The molecule has 19 heavy (non-hydrogen) atoms. The van der Waals surface area contributed by atoms with Crippen LogP contribution >= 0.6 is 0 Å². The van der Waals surface area contributed by atoms with Gasteiger partial charge in [0.05, 0.1) is 5.60 Å². The van der Waals surface area contributed by atoms with Gasteiger partial charge in [-0.1, -0.05) is 40.5 Å². The molecule has 5 atom stereocenters. The largest absolute Gasteiger partial charge is 0.389 e. The van der Waals surface area contributed by atoms with Crippen LogP contribution in [0.15, 0.2) is 0 Å². The molecule has 5 unspecified atom stereocenters. The van der Waals surface area contributed by atoms with Crippen LogP contribution in [0.25, 0.3) is 0 Å². The maximum absolute atomic E-state index is 11.7. The van der Waals surface area contributed by atoms with Gasteiger partial charge in [0, 0.05) is 12.0 Å². The highest BCUT2D eigenvalue weighted by molar-refractivity contribution is 5.09. The molecule has 0 spiro atoms. The molecule has 2 rings (SSSR count). The van der Waals surface area contributed by atoms with Crippen molar-refractivity contribution in [3.05, 3.63) is 0 Å². The fourth-order valence-electron chi connectivity index (χ4n) is 5.13. The number of nitrogens with two attached hydrogens (primary N) is 1. The Balaban J connectivity index is 2.34. The highest BCUT2D eigenvalue weighted by Crippen LogP contribution is 2.57. The van der Waals surface area contributed by atoms with Gasteiger partial charge >= 0.3 is 0 Å². The monoisotopic (exact) mass is 267 g/mol. The lowest BCUT2D eigenvalue weighted by Crippen LogP contribution is -2.59. The maximum Gasteiger partial charge on any atom is 0.0748 e. The Kier molecular flexibility index (Phi) is 4.32. The molecule has 0 heterocycles. The summed E-state index contributed by atoms with van der Waals surface area (Å²) in [5.41, 5.74) is 5.65. The van der Waals surface area contributed by atoms with E-state index in [-0.39, 0.29) is 5.41 Å². The summed E-state index contributed by atoms with van der Waals surface area (Å²) in [5.74, 6) is 2.34. The van der Waals surface area contributed by atoms with Crippen LogP contribution in [-0.2, 0) is 0 Å². The van der Waals surface area contributed by atoms with E-state index in [1.54, 1.807) is 0 Å². The van der Waals surface area contributed by atoms with Crippen molar-refractivity contribution >= 4 is 0 Å². The Morgan fingerprint density at radius 1 is 1.11 bits per heavy atom. The van der Waals surface area contributed by atoms with E-state index in [0.29, 0.717) is 24.3 Å². The molecular weight excluding hydrogens is 234 g/mol. The highest BCUT2D eigenvalue weighted by Gasteiger charge is 2.58. The highest BCUT2D eigenvalue weighted by atomic mass is 16.3. The minimum absolute atomic E-state index is 0.0178. The summed E-state index contributed by atoms with van der Waals surface area (Å²) in [7, 11) is 0. The first-order valence-electron chi connectivity index (χ1n) is 8.27. The van der Waals surface area contributed by atoms with Crippen LogP contribution in [0.4, 0.5) is 0 Å². The fourth-order valence-corrected chi connectivity index (χ4v) is 5.13. The topological polar surface area (TPSA) is 46.2 Å². The Morgan fingerprint density at radius 2 is 1.74 bits per heavy atom. The van der Waals surface area contributed by atoms with Crippen molar-refractivity contribution in [2.24, 2.45) is 34.8 Å². The summed E-state index contributed by atoms with van der Waals surface area (Å²) in [4.78, 5) is 0. The van der Waals surface area contributed by atoms with Crippen molar-refractivity contribution in [1.29, 1.82) is 0 Å². The second-order valence-corrected chi connectivity index (χ2v) is 7.99. The van der Waals surface area contributed by atoms with Gasteiger partial charge < -0.3 is 10.8 Å². The van der Waals surface area contributed by atoms with Crippen LogP contribution in [0.5, 0.6) is 0 Å². The number of rotatable bonds is 3. The van der Waals surface area contributed by atoms with E-state index < -0.39 is 5.60 Å². The lowest BCUT2D eigenvalue weighted by Gasteiger charge is -2.55. The van der Waals surface area contributed by atoms with Gasteiger partial charge in [0.25, 0.3) is 0 Å². The van der Waals surface area contributed by atoms with Gasteiger partial charge in [-0.05, 0) is 49.4 Å². The van der Waals surface area contributed by atoms with Crippen LogP contribution < -0.4 is 5.73 Å². The molecule has 0 radical (unpaired) electrons. The Bertz CT molecular complexity index is 316. The van der Waals surface area contributed by atoms with Crippen LogP contribution in [0, 0.1) is 29.1 Å². The normalized spacial score (nSPS) is 47.8. The van der Waals surface area contributed by atoms with Crippen molar-refractivity contribution in [2.45, 2.75) is 71.8 Å². The summed E-state index contributed by atoms with van der Waals surface area (Å²) in [6.45, 7) is 9.81. The zero-order valence-electron chi connectivity index (χ0n) is 13.3. The second-order valence-electron chi connectivity index (χ2n) is 7.99. The lowest BCUT2D eigenvalue weighted by molar-refractivity contribution is -0.165. The third kappa shape index (κ3) is 2.47. The molecule has 0 aromatic rings. The molecular formula is C17H33NO. The van der Waals surface area contributed by atoms with Gasteiger partial charge in [-0.25, -0.2) is 0 Å². The molecule has 3 N–H and O–H groups in total. The molecule has 0 saturated heterocycles. The summed E-state index contributed by atoms with van der Waals surface area (Å²) in [6, 6.07) is 0. The molecule has 0 bridgehead atoms. The summed E-state index contributed by atoms with van der Waals surface area (Å²) in [6.07, 6.45) is 6.87. The molecule has 0 aromatic heterocycles. The first-order chi connectivity index (χ1) is 8.84. The third-order valence-electron chi connectivity index (χ3n) is 6.21. The van der Waals surface area contributed by atoms with E-state index in [1.165, 1.54) is 19.3 Å². The van der Waals surface area contributed by atoms with Gasteiger partial charge in [0.1, 0.15) is 0 Å². The smallest absolute Gasteiger partial charge is 0.0748 e. The molecule has 112 valence electrons. The van der Waals surface area contributed by atoms with Crippen molar-refractivity contribution in [2.75, 3.05) is 6.54 Å². The van der Waals surface area contributed by atoms with E-state index in [4.69, 9.17) is 5.73 Å². The van der Waals surface area contributed by atoms with Crippen molar-refractivity contribution < 1.29 is 5.11 Å². The van der Waals surface area contributed by atoms with Crippen LogP contribution in [-0.4, -0.2) is 17.3 Å². The summed E-state index contributed by atoms with van der Waals surface area (Å²) >= 11 is 0. The van der Waals surface area contributed by atoms with Crippen LogP contribution in [0.3, 0.4) is 0 Å². The van der Waals surface area contributed by atoms with Crippen molar-refractivity contribution in [3.63, 3.8) is 0 Å². The van der Waals surface area contributed by atoms with E-state index in [0.717, 1.165) is 25.2 Å². The average Bonchev–Trinajstić information content (AvgIpc) is 2.72. The maximum atomic E-state index is 11.7. The zero-order chi connectivity index (χ0) is 14.3. The molecule has 2 heteroatoms. The minimum Gasteiger partial charge on any atom is -0.389 e. The predicted octanol–water partition coefficient (Wildman–Crippen LogP) is 3.57. The molecule has 2 fully saturated rings. The van der Waals surface area contributed by atoms with Gasteiger partial charge in [-0.2, -0.15) is 0 Å². The van der Waals surface area contributed by atoms with Crippen molar-refractivity contribution in [1.82, 2.24) is 0 Å². The summed E-state index contributed by atoms with van der Waals surface area (Å²) < 4.78 is 0. The molecule has 0 aliphatic heterocycles. The average molecular weight is 267 g/mol. The van der Waals surface area contributed by atoms with Gasteiger partial charge in [0.2, 0.25) is 0 Å². The SMILES string of the molecule is CC1CCC(CN)(C2(O)CC(C)CCC2C(C)C)C1. The lowest BCUT2D eigenvalue weighted by atomic mass is 9.55. The van der Waals surface area contributed by atoms with E-state index in [2.05, 4.69) is 27.7 Å². The van der Waals surface area contributed by atoms with E-state index >= 15 is 0 Å². The fraction of sp³-hybridized carbons (Fsp3) is 1.00. The quantitative estimate of drug-likeness (QED) is 0.821. The molecule has 0 amide bonds. The molecule has 2 nitrogen and oxygen atoms in total.